The highest BCUT2D eigenvalue weighted by Crippen LogP contribution is 2.35. The molecule has 1 aliphatic carbocycles. The SMILES string of the molecule is C[C@H]1CCc2c(sc3nc(SCC(N)=O)[nH]c(=O)c23)C1. The van der Waals surface area contributed by atoms with Crippen molar-refractivity contribution in [2.24, 2.45) is 11.7 Å². The highest BCUT2D eigenvalue weighted by atomic mass is 32.2. The first-order valence-electron chi connectivity index (χ1n) is 6.50. The Labute approximate surface area is 124 Å². The monoisotopic (exact) mass is 309 g/mol. The third-order valence-corrected chi connectivity index (χ3v) is 5.54. The zero-order valence-corrected chi connectivity index (χ0v) is 12.7. The van der Waals surface area contributed by atoms with Crippen molar-refractivity contribution in [3.05, 3.63) is 20.8 Å². The Morgan fingerprint density at radius 3 is 3.15 bits per heavy atom. The molecule has 2 heterocycles. The summed E-state index contributed by atoms with van der Waals surface area (Å²) in [5.74, 6) is 0.367. The molecule has 106 valence electrons. The van der Waals surface area contributed by atoms with Crippen molar-refractivity contribution in [1.29, 1.82) is 0 Å². The van der Waals surface area contributed by atoms with E-state index in [2.05, 4.69) is 16.9 Å². The largest absolute Gasteiger partial charge is 0.369 e. The first-order chi connectivity index (χ1) is 9.54. The molecule has 0 spiro atoms. The number of carbonyl (C=O) groups excluding carboxylic acids is 1. The quantitative estimate of drug-likeness (QED) is 0.667. The molecule has 0 aromatic carbocycles. The molecule has 1 aliphatic rings. The van der Waals surface area contributed by atoms with E-state index < -0.39 is 5.91 Å². The van der Waals surface area contributed by atoms with Gasteiger partial charge in [-0.3, -0.25) is 9.59 Å². The average Bonchev–Trinajstić information content (AvgIpc) is 2.73. The summed E-state index contributed by atoms with van der Waals surface area (Å²) in [5.41, 5.74) is 6.18. The second-order valence-corrected chi connectivity index (χ2v) is 7.21. The number of aromatic amines is 1. The number of nitrogens with two attached hydrogens (primary N) is 1. The first kappa shape index (κ1) is 13.6. The topological polar surface area (TPSA) is 88.8 Å². The Morgan fingerprint density at radius 2 is 2.40 bits per heavy atom. The molecular formula is C13H15N3O2S2. The summed E-state index contributed by atoms with van der Waals surface area (Å²) in [5, 5.41) is 1.20. The third-order valence-electron chi connectivity index (χ3n) is 3.49. The van der Waals surface area contributed by atoms with E-state index in [1.165, 1.54) is 22.2 Å². The van der Waals surface area contributed by atoms with Gasteiger partial charge in [-0.25, -0.2) is 4.98 Å². The molecule has 0 radical (unpaired) electrons. The highest BCUT2D eigenvalue weighted by molar-refractivity contribution is 7.99. The number of primary amides is 1. The summed E-state index contributed by atoms with van der Waals surface area (Å²) in [4.78, 5) is 32.3. The number of nitrogens with one attached hydrogen (secondary N) is 1. The van der Waals surface area contributed by atoms with Gasteiger partial charge in [0.2, 0.25) is 5.91 Å². The van der Waals surface area contributed by atoms with Crippen LogP contribution in [0.15, 0.2) is 9.95 Å². The number of thiophene rings is 1. The Balaban J connectivity index is 2.05. The third kappa shape index (κ3) is 2.47. The minimum absolute atomic E-state index is 0.103. The summed E-state index contributed by atoms with van der Waals surface area (Å²) < 4.78 is 0. The lowest BCUT2D eigenvalue weighted by molar-refractivity contribution is -0.115. The summed E-state index contributed by atoms with van der Waals surface area (Å²) >= 11 is 2.77. The van der Waals surface area contributed by atoms with E-state index >= 15 is 0 Å². The number of hydrogen-bond donors (Lipinski definition) is 2. The van der Waals surface area contributed by atoms with E-state index in [-0.39, 0.29) is 11.3 Å². The van der Waals surface area contributed by atoms with Crippen molar-refractivity contribution >= 4 is 39.2 Å². The molecule has 0 unspecified atom stereocenters. The summed E-state index contributed by atoms with van der Waals surface area (Å²) in [6.07, 6.45) is 3.10. The van der Waals surface area contributed by atoms with Crippen LogP contribution in [0.3, 0.4) is 0 Å². The number of amides is 1. The van der Waals surface area contributed by atoms with Gasteiger partial charge in [-0.05, 0) is 30.7 Å². The molecule has 7 heteroatoms. The molecule has 1 atom stereocenters. The van der Waals surface area contributed by atoms with Gasteiger partial charge in [0.05, 0.1) is 11.1 Å². The van der Waals surface area contributed by atoms with Gasteiger partial charge in [0.15, 0.2) is 5.16 Å². The minimum Gasteiger partial charge on any atom is -0.369 e. The van der Waals surface area contributed by atoms with Crippen LogP contribution in [0.25, 0.3) is 10.2 Å². The molecule has 0 aliphatic heterocycles. The summed E-state index contributed by atoms with van der Waals surface area (Å²) in [6, 6.07) is 0. The molecule has 5 nitrogen and oxygen atoms in total. The lowest BCUT2D eigenvalue weighted by atomic mass is 9.89. The smallest absolute Gasteiger partial charge is 0.260 e. The van der Waals surface area contributed by atoms with Crippen molar-refractivity contribution in [3.63, 3.8) is 0 Å². The second-order valence-electron chi connectivity index (χ2n) is 5.16. The molecular weight excluding hydrogens is 294 g/mol. The number of fused-ring (bicyclic) bond motifs is 3. The second kappa shape index (κ2) is 5.21. The van der Waals surface area contributed by atoms with Crippen molar-refractivity contribution < 1.29 is 4.79 Å². The standard InChI is InChI=1S/C13H15N3O2S2/c1-6-2-3-7-8(4-6)20-12-10(7)11(18)15-13(16-12)19-5-9(14)17/h6H,2-5H2,1H3,(H2,14,17)(H,15,16,18)/t6-/m0/s1. The molecule has 20 heavy (non-hydrogen) atoms. The van der Waals surface area contributed by atoms with Crippen LogP contribution < -0.4 is 11.3 Å². The van der Waals surface area contributed by atoms with Gasteiger partial charge in [-0.15, -0.1) is 11.3 Å². The van der Waals surface area contributed by atoms with Crippen LogP contribution in [0.1, 0.15) is 23.8 Å². The minimum atomic E-state index is -0.419. The summed E-state index contributed by atoms with van der Waals surface area (Å²) in [7, 11) is 0. The number of rotatable bonds is 3. The van der Waals surface area contributed by atoms with E-state index in [4.69, 9.17) is 5.73 Å². The predicted octanol–water partition coefficient (Wildman–Crippen LogP) is 1.69. The molecule has 0 saturated heterocycles. The normalized spacial score (nSPS) is 18.1. The van der Waals surface area contributed by atoms with E-state index in [1.807, 2.05) is 0 Å². The van der Waals surface area contributed by atoms with E-state index in [0.717, 1.165) is 29.5 Å². The van der Waals surface area contributed by atoms with Crippen molar-refractivity contribution in [2.45, 2.75) is 31.3 Å². The average molecular weight is 309 g/mol. The van der Waals surface area contributed by atoms with Gasteiger partial charge < -0.3 is 10.7 Å². The van der Waals surface area contributed by atoms with Gasteiger partial charge in [-0.2, -0.15) is 0 Å². The molecule has 2 aromatic rings. The van der Waals surface area contributed by atoms with Crippen LogP contribution in [-0.2, 0) is 17.6 Å². The van der Waals surface area contributed by atoms with Gasteiger partial charge in [0.25, 0.3) is 5.56 Å². The van der Waals surface area contributed by atoms with E-state index in [1.54, 1.807) is 11.3 Å². The fourth-order valence-electron chi connectivity index (χ4n) is 2.54. The maximum absolute atomic E-state index is 12.2. The van der Waals surface area contributed by atoms with Crippen molar-refractivity contribution in [2.75, 3.05) is 5.75 Å². The van der Waals surface area contributed by atoms with Gasteiger partial charge >= 0.3 is 0 Å². The van der Waals surface area contributed by atoms with Crippen LogP contribution in [0.5, 0.6) is 0 Å². The Kier molecular flexibility index (Phi) is 3.55. The number of thioether (sulfide) groups is 1. The van der Waals surface area contributed by atoms with Gasteiger partial charge in [-0.1, -0.05) is 18.7 Å². The van der Waals surface area contributed by atoms with Crippen LogP contribution in [0.4, 0.5) is 0 Å². The Bertz CT molecular complexity index is 735. The predicted molar refractivity (Wildman–Crippen MR) is 81.3 cm³/mol. The number of hydrogen-bond acceptors (Lipinski definition) is 5. The van der Waals surface area contributed by atoms with E-state index in [9.17, 15) is 9.59 Å². The zero-order valence-electron chi connectivity index (χ0n) is 11.1. The lowest BCUT2D eigenvalue weighted by Crippen LogP contribution is -2.15. The number of nitrogens with zero attached hydrogens (tertiary/aromatic N) is 1. The maximum atomic E-state index is 12.2. The van der Waals surface area contributed by atoms with Crippen LogP contribution >= 0.6 is 23.1 Å². The van der Waals surface area contributed by atoms with Gasteiger partial charge in [0, 0.05) is 4.88 Å². The molecule has 2 aromatic heterocycles. The maximum Gasteiger partial charge on any atom is 0.260 e. The fraction of sp³-hybridized carbons (Fsp3) is 0.462. The molecule has 0 bridgehead atoms. The first-order valence-corrected chi connectivity index (χ1v) is 8.30. The molecule has 0 saturated carbocycles. The van der Waals surface area contributed by atoms with Crippen LogP contribution in [0.2, 0.25) is 0 Å². The number of aromatic nitrogens is 2. The number of aryl methyl sites for hydroxylation is 1. The van der Waals surface area contributed by atoms with Crippen LogP contribution in [0, 0.1) is 5.92 Å². The van der Waals surface area contributed by atoms with Crippen LogP contribution in [-0.4, -0.2) is 21.6 Å². The number of H-pyrrole nitrogens is 1. The highest BCUT2D eigenvalue weighted by Gasteiger charge is 2.23. The van der Waals surface area contributed by atoms with Gasteiger partial charge in [0.1, 0.15) is 4.83 Å². The van der Waals surface area contributed by atoms with Crippen molar-refractivity contribution in [3.8, 4) is 0 Å². The fourth-order valence-corrected chi connectivity index (χ4v) is 4.58. The van der Waals surface area contributed by atoms with E-state index in [0.29, 0.717) is 11.1 Å². The molecule has 1 amide bonds. The number of carbonyl (C=O) groups is 1. The summed E-state index contributed by atoms with van der Waals surface area (Å²) in [6.45, 7) is 2.24. The molecule has 3 rings (SSSR count). The Hall–Kier alpha value is -1.34. The van der Waals surface area contributed by atoms with Crippen molar-refractivity contribution in [1.82, 2.24) is 9.97 Å². The molecule has 0 fully saturated rings. The zero-order chi connectivity index (χ0) is 14.3. The lowest BCUT2D eigenvalue weighted by Gasteiger charge is -2.17. The Morgan fingerprint density at radius 1 is 1.60 bits per heavy atom. The molecule has 3 N–H and O–H groups in total.